The summed E-state index contributed by atoms with van der Waals surface area (Å²) in [5, 5.41) is 3.63. The number of pyridine rings is 1. The van der Waals surface area contributed by atoms with Gasteiger partial charge >= 0.3 is 0 Å². The number of halogens is 2. The van der Waals surface area contributed by atoms with Crippen LogP contribution in [0.4, 0.5) is 15.9 Å². The maximum atomic E-state index is 14.1. The topological polar surface area (TPSA) is 63.2 Å². The summed E-state index contributed by atoms with van der Waals surface area (Å²) in [6, 6.07) is 2.63. The zero-order chi connectivity index (χ0) is 18.8. The zero-order valence-corrected chi connectivity index (χ0v) is 16.4. The Morgan fingerprint density at radius 2 is 2.15 bits per heavy atom. The highest BCUT2D eigenvalue weighted by atomic mass is 35.5. The maximum Gasteiger partial charge on any atom is 0.276 e. The molecule has 1 aromatic carbocycles. The number of benzene rings is 1. The number of hydroxylamine groups is 1. The third-order valence-electron chi connectivity index (χ3n) is 4.38. The summed E-state index contributed by atoms with van der Waals surface area (Å²) in [5.74, 6) is -0.0568. The largest absolute Gasteiger partial charge is 0.338 e. The van der Waals surface area contributed by atoms with Crippen molar-refractivity contribution in [2.45, 2.75) is 26.7 Å². The number of nitrogens with zero attached hydrogens (tertiary/aromatic N) is 1. The van der Waals surface area contributed by atoms with Crippen LogP contribution in [0.3, 0.4) is 0 Å². The summed E-state index contributed by atoms with van der Waals surface area (Å²) in [7, 11) is 2.30. The second-order valence-corrected chi connectivity index (χ2v) is 7.38. The molecule has 1 aliphatic rings. The predicted molar refractivity (Wildman–Crippen MR) is 104 cm³/mol. The number of aryl methyl sites for hydroxylation is 1. The molecule has 138 valence electrons. The SMILES string of the molecule is Cc1cnc(Nc2c(C(=O)NOCC3CC3)ccc(F)c2P)c(Cl)c1C. The summed E-state index contributed by atoms with van der Waals surface area (Å²) in [6.07, 6.45) is 3.90. The van der Waals surface area contributed by atoms with Crippen molar-refractivity contribution in [3.05, 3.63) is 45.9 Å². The number of hydrogen-bond acceptors (Lipinski definition) is 4. The minimum absolute atomic E-state index is 0.218. The van der Waals surface area contributed by atoms with Gasteiger partial charge in [-0.05, 0) is 55.9 Å². The maximum absolute atomic E-state index is 14.1. The normalized spacial score (nSPS) is 13.6. The molecule has 0 bridgehead atoms. The van der Waals surface area contributed by atoms with Gasteiger partial charge in [-0.3, -0.25) is 9.63 Å². The first kappa shape index (κ1) is 19.0. The van der Waals surface area contributed by atoms with Crippen LogP contribution in [0.5, 0.6) is 0 Å². The van der Waals surface area contributed by atoms with E-state index < -0.39 is 11.7 Å². The van der Waals surface area contributed by atoms with E-state index in [0.717, 1.165) is 24.0 Å². The van der Waals surface area contributed by atoms with Gasteiger partial charge < -0.3 is 5.32 Å². The number of rotatable bonds is 6. The molecule has 1 fully saturated rings. The molecule has 1 atom stereocenters. The first-order valence-corrected chi connectivity index (χ1v) is 9.22. The molecule has 1 aromatic heterocycles. The van der Waals surface area contributed by atoms with E-state index in [-0.39, 0.29) is 16.6 Å². The Balaban J connectivity index is 1.88. The van der Waals surface area contributed by atoms with Gasteiger partial charge in [-0.1, -0.05) is 11.6 Å². The van der Waals surface area contributed by atoms with Gasteiger partial charge in [-0.15, -0.1) is 9.24 Å². The molecule has 1 heterocycles. The quantitative estimate of drug-likeness (QED) is 0.576. The third-order valence-corrected chi connectivity index (χ3v) is 5.40. The molecule has 5 nitrogen and oxygen atoms in total. The molecule has 0 spiro atoms. The van der Waals surface area contributed by atoms with Crippen LogP contribution in [0.1, 0.15) is 34.3 Å². The minimum atomic E-state index is -0.465. The fraction of sp³-hybridized carbons (Fsp3) is 0.333. The fourth-order valence-corrected chi connectivity index (χ4v) is 2.92. The predicted octanol–water partition coefficient (Wildman–Crippen LogP) is 3.81. The standard InChI is InChI=1S/C18H20ClFN3O2P/c1-9-7-21-17(14(19)10(9)2)22-15-12(5-6-13(20)16(15)26)18(24)23-25-8-11-3-4-11/h5-7,11H,3-4,8,26H2,1-2H3,(H,21,22)(H,23,24). The van der Waals surface area contributed by atoms with Crippen molar-refractivity contribution in [1.82, 2.24) is 10.5 Å². The van der Waals surface area contributed by atoms with Crippen LogP contribution >= 0.6 is 20.8 Å². The van der Waals surface area contributed by atoms with Crippen molar-refractivity contribution in [2.24, 2.45) is 5.92 Å². The molecular formula is C18H20ClFN3O2P. The highest BCUT2D eigenvalue weighted by molar-refractivity contribution is 7.28. The van der Waals surface area contributed by atoms with Crippen molar-refractivity contribution in [3.8, 4) is 0 Å². The van der Waals surface area contributed by atoms with Gasteiger partial charge in [0.25, 0.3) is 5.91 Å². The molecule has 0 saturated heterocycles. The van der Waals surface area contributed by atoms with Gasteiger partial charge in [0, 0.05) is 11.5 Å². The van der Waals surface area contributed by atoms with E-state index in [4.69, 9.17) is 16.4 Å². The van der Waals surface area contributed by atoms with Gasteiger partial charge in [0.1, 0.15) is 11.6 Å². The number of nitrogens with one attached hydrogen (secondary N) is 2. The number of amides is 1. The molecule has 3 rings (SSSR count). The van der Waals surface area contributed by atoms with Gasteiger partial charge in [-0.25, -0.2) is 14.9 Å². The highest BCUT2D eigenvalue weighted by Crippen LogP contribution is 2.30. The van der Waals surface area contributed by atoms with Gasteiger partial charge in [0.15, 0.2) is 0 Å². The van der Waals surface area contributed by atoms with Crippen LogP contribution in [-0.2, 0) is 4.84 Å². The van der Waals surface area contributed by atoms with Crippen molar-refractivity contribution in [2.75, 3.05) is 11.9 Å². The first-order valence-electron chi connectivity index (χ1n) is 8.27. The minimum Gasteiger partial charge on any atom is -0.338 e. The third kappa shape index (κ3) is 4.14. The number of hydrogen-bond donors (Lipinski definition) is 2. The van der Waals surface area contributed by atoms with Crippen LogP contribution < -0.4 is 16.1 Å². The molecular weight excluding hydrogens is 376 g/mol. The molecule has 0 aliphatic heterocycles. The molecule has 0 radical (unpaired) electrons. The Morgan fingerprint density at radius 3 is 2.85 bits per heavy atom. The number of aromatic nitrogens is 1. The lowest BCUT2D eigenvalue weighted by molar-refractivity contribution is 0.0271. The van der Waals surface area contributed by atoms with E-state index in [9.17, 15) is 9.18 Å². The summed E-state index contributed by atoms with van der Waals surface area (Å²) in [5.41, 5.74) is 4.74. The molecule has 26 heavy (non-hydrogen) atoms. The van der Waals surface area contributed by atoms with E-state index in [2.05, 4.69) is 25.0 Å². The van der Waals surface area contributed by atoms with Crippen molar-refractivity contribution >= 4 is 43.6 Å². The molecule has 1 unspecified atom stereocenters. The summed E-state index contributed by atoms with van der Waals surface area (Å²) >= 11 is 6.35. The summed E-state index contributed by atoms with van der Waals surface area (Å²) in [6.45, 7) is 4.25. The average molecular weight is 396 g/mol. The van der Waals surface area contributed by atoms with E-state index in [1.165, 1.54) is 12.1 Å². The van der Waals surface area contributed by atoms with E-state index in [1.54, 1.807) is 6.20 Å². The summed E-state index contributed by atoms with van der Waals surface area (Å²) < 4.78 is 14.1. The first-order chi connectivity index (χ1) is 12.4. The lowest BCUT2D eigenvalue weighted by Gasteiger charge is -2.16. The van der Waals surface area contributed by atoms with Gasteiger partial charge in [0.2, 0.25) is 0 Å². The van der Waals surface area contributed by atoms with Crippen molar-refractivity contribution in [3.63, 3.8) is 0 Å². The van der Waals surface area contributed by atoms with Crippen molar-refractivity contribution in [1.29, 1.82) is 0 Å². The highest BCUT2D eigenvalue weighted by Gasteiger charge is 2.23. The van der Waals surface area contributed by atoms with E-state index in [0.29, 0.717) is 23.4 Å². The number of anilines is 2. The lowest BCUT2D eigenvalue weighted by Crippen LogP contribution is -2.27. The second kappa shape index (κ2) is 7.87. The number of carbonyl (C=O) groups is 1. The van der Waals surface area contributed by atoms with Crippen LogP contribution in [-0.4, -0.2) is 17.5 Å². The lowest BCUT2D eigenvalue weighted by atomic mass is 10.1. The van der Waals surface area contributed by atoms with Crippen molar-refractivity contribution < 1.29 is 14.0 Å². The average Bonchev–Trinajstić information content (AvgIpc) is 3.43. The number of carbonyl (C=O) groups excluding carboxylic acids is 1. The molecule has 2 aromatic rings. The molecule has 8 heteroatoms. The Bertz CT molecular complexity index is 859. The fourth-order valence-electron chi connectivity index (χ4n) is 2.35. The van der Waals surface area contributed by atoms with Gasteiger partial charge in [-0.2, -0.15) is 0 Å². The Labute approximate surface area is 158 Å². The van der Waals surface area contributed by atoms with E-state index in [1.807, 2.05) is 13.8 Å². The Hall–Kier alpha value is -1.75. The molecule has 1 amide bonds. The van der Waals surface area contributed by atoms with Crippen LogP contribution in [0.15, 0.2) is 18.3 Å². The van der Waals surface area contributed by atoms with E-state index >= 15 is 0 Å². The summed E-state index contributed by atoms with van der Waals surface area (Å²) in [4.78, 5) is 22.0. The molecule has 2 N–H and O–H groups in total. The monoisotopic (exact) mass is 395 g/mol. The smallest absolute Gasteiger partial charge is 0.276 e. The Kier molecular flexibility index (Phi) is 5.76. The van der Waals surface area contributed by atoms with Crippen LogP contribution in [0.25, 0.3) is 0 Å². The zero-order valence-electron chi connectivity index (χ0n) is 14.5. The molecule has 1 saturated carbocycles. The Morgan fingerprint density at radius 1 is 1.42 bits per heavy atom. The second-order valence-electron chi connectivity index (χ2n) is 6.42. The van der Waals surface area contributed by atoms with Crippen LogP contribution in [0.2, 0.25) is 5.02 Å². The van der Waals surface area contributed by atoms with Gasteiger partial charge in [0.05, 0.1) is 22.9 Å². The van der Waals surface area contributed by atoms with Crippen LogP contribution in [0, 0.1) is 25.6 Å². The molecule has 1 aliphatic carbocycles.